The summed E-state index contributed by atoms with van der Waals surface area (Å²) in [6.45, 7) is 2.16. The maximum absolute atomic E-state index is 5.22. The van der Waals surface area contributed by atoms with Crippen molar-refractivity contribution in [3.63, 3.8) is 0 Å². The number of aromatic nitrogens is 2. The second-order valence-electron chi connectivity index (χ2n) is 10.1. The van der Waals surface area contributed by atoms with Crippen LogP contribution in [-0.4, -0.2) is 9.55 Å². The molecule has 178 valence electrons. The SMILES string of the molecule is Cc1ccc2c(c1)c1ccccc1n2-c1ccc(-c2ccc3c4ccccc4c4ccccc4c3n2)cc1. The van der Waals surface area contributed by atoms with Crippen molar-refractivity contribution < 1.29 is 0 Å². The minimum Gasteiger partial charge on any atom is -0.309 e. The van der Waals surface area contributed by atoms with E-state index in [0.29, 0.717) is 0 Å². The standard InChI is InChI=1S/C36H24N2/c1-23-14-21-35-32(22-23)29-11-6-7-13-34(29)38(35)25-17-15-24(16-18-25)33-20-19-31-28-10-3-2-8-26(28)27-9-4-5-12-30(27)36(31)37-33/h2-22H,1H3. The number of hydrogen-bond acceptors (Lipinski definition) is 1. The van der Waals surface area contributed by atoms with Crippen molar-refractivity contribution in [1.82, 2.24) is 9.55 Å². The van der Waals surface area contributed by atoms with Gasteiger partial charge in [0.1, 0.15) is 0 Å². The molecule has 0 amide bonds. The Kier molecular flexibility index (Phi) is 4.47. The van der Waals surface area contributed by atoms with Crippen LogP contribution in [0.2, 0.25) is 0 Å². The molecule has 0 bridgehead atoms. The van der Waals surface area contributed by atoms with Gasteiger partial charge in [-0.3, -0.25) is 0 Å². The van der Waals surface area contributed by atoms with Crippen molar-refractivity contribution in [3.8, 4) is 16.9 Å². The number of hydrogen-bond donors (Lipinski definition) is 0. The highest BCUT2D eigenvalue weighted by Crippen LogP contribution is 2.36. The molecular formula is C36H24N2. The van der Waals surface area contributed by atoms with Gasteiger partial charge in [-0.25, -0.2) is 4.98 Å². The van der Waals surface area contributed by atoms with Crippen LogP contribution in [0.5, 0.6) is 0 Å². The summed E-state index contributed by atoms with van der Waals surface area (Å²) in [7, 11) is 0. The number of rotatable bonds is 2. The van der Waals surface area contributed by atoms with Gasteiger partial charge >= 0.3 is 0 Å². The van der Waals surface area contributed by atoms with E-state index in [0.717, 1.165) is 22.5 Å². The molecule has 0 saturated heterocycles. The van der Waals surface area contributed by atoms with Gasteiger partial charge < -0.3 is 4.57 Å². The Hall–Kier alpha value is -4.95. The Balaban J connectivity index is 1.30. The van der Waals surface area contributed by atoms with Crippen LogP contribution in [0.3, 0.4) is 0 Å². The van der Waals surface area contributed by atoms with Crippen molar-refractivity contribution in [2.75, 3.05) is 0 Å². The third kappa shape index (κ3) is 3.04. The van der Waals surface area contributed by atoms with Gasteiger partial charge in [-0.05, 0) is 65.5 Å². The van der Waals surface area contributed by atoms with Crippen LogP contribution >= 0.6 is 0 Å². The zero-order valence-corrected chi connectivity index (χ0v) is 21.0. The summed E-state index contributed by atoms with van der Waals surface area (Å²) < 4.78 is 2.36. The largest absolute Gasteiger partial charge is 0.309 e. The van der Waals surface area contributed by atoms with Crippen LogP contribution in [0.4, 0.5) is 0 Å². The molecule has 0 spiro atoms. The van der Waals surface area contributed by atoms with Gasteiger partial charge in [-0.1, -0.05) is 90.5 Å². The first-order valence-electron chi connectivity index (χ1n) is 13.1. The normalized spacial score (nSPS) is 11.8. The maximum Gasteiger partial charge on any atom is 0.0794 e. The van der Waals surface area contributed by atoms with Gasteiger partial charge in [0.05, 0.1) is 22.2 Å². The lowest BCUT2D eigenvalue weighted by atomic mass is 9.96. The van der Waals surface area contributed by atoms with E-state index >= 15 is 0 Å². The molecule has 0 radical (unpaired) electrons. The first-order valence-corrected chi connectivity index (χ1v) is 13.1. The van der Waals surface area contributed by atoms with E-state index in [1.807, 2.05) is 0 Å². The van der Waals surface area contributed by atoms with Crippen LogP contribution in [0.15, 0.2) is 127 Å². The molecule has 0 atom stereocenters. The van der Waals surface area contributed by atoms with Gasteiger partial charge in [-0.15, -0.1) is 0 Å². The van der Waals surface area contributed by atoms with E-state index < -0.39 is 0 Å². The first kappa shape index (κ1) is 21.2. The highest BCUT2D eigenvalue weighted by Gasteiger charge is 2.13. The van der Waals surface area contributed by atoms with E-state index in [2.05, 4.69) is 139 Å². The van der Waals surface area contributed by atoms with Crippen molar-refractivity contribution >= 4 is 54.3 Å². The smallest absolute Gasteiger partial charge is 0.0794 e. The third-order valence-electron chi connectivity index (χ3n) is 7.83. The highest BCUT2D eigenvalue weighted by molar-refractivity contribution is 6.24. The number of aryl methyl sites for hydroxylation is 1. The van der Waals surface area contributed by atoms with E-state index in [9.17, 15) is 0 Å². The van der Waals surface area contributed by atoms with Gasteiger partial charge in [0, 0.05) is 32.8 Å². The van der Waals surface area contributed by atoms with Gasteiger partial charge in [0.15, 0.2) is 0 Å². The Morgan fingerprint density at radius 2 is 1.05 bits per heavy atom. The van der Waals surface area contributed by atoms with Gasteiger partial charge in [0.2, 0.25) is 0 Å². The number of pyridine rings is 1. The fraction of sp³-hybridized carbons (Fsp3) is 0.0278. The maximum atomic E-state index is 5.22. The van der Waals surface area contributed by atoms with Crippen molar-refractivity contribution in [2.24, 2.45) is 0 Å². The Labute approximate surface area is 220 Å². The third-order valence-corrected chi connectivity index (χ3v) is 7.83. The molecule has 0 fully saturated rings. The zero-order valence-electron chi connectivity index (χ0n) is 21.0. The second kappa shape index (κ2) is 8.03. The van der Waals surface area contributed by atoms with Crippen molar-refractivity contribution in [1.29, 1.82) is 0 Å². The molecule has 0 aliphatic rings. The lowest BCUT2D eigenvalue weighted by Gasteiger charge is -2.12. The predicted molar refractivity (Wildman–Crippen MR) is 161 cm³/mol. The van der Waals surface area contributed by atoms with Crippen LogP contribution in [0, 0.1) is 6.92 Å². The Morgan fingerprint density at radius 3 is 1.79 bits per heavy atom. The molecule has 2 heterocycles. The van der Waals surface area contributed by atoms with E-state index in [1.54, 1.807) is 0 Å². The Morgan fingerprint density at radius 1 is 0.474 bits per heavy atom. The summed E-state index contributed by atoms with van der Waals surface area (Å²) in [5.41, 5.74) is 8.04. The van der Waals surface area contributed by atoms with Gasteiger partial charge in [0.25, 0.3) is 0 Å². The summed E-state index contributed by atoms with van der Waals surface area (Å²) in [4.78, 5) is 5.22. The van der Waals surface area contributed by atoms with Crippen LogP contribution in [0.1, 0.15) is 5.56 Å². The summed E-state index contributed by atoms with van der Waals surface area (Å²) in [5.74, 6) is 0. The number of fused-ring (bicyclic) bond motifs is 9. The molecular weight excluding hydrogens is 460 g/mol. The van der Waals surface area contributed by atoms with Gasteiger partial charge in [-0.2, -0.15) is 0 Å². The summed E-state index contributed by atoms with van der Waals surface area (Å²) >= 11 is 0. The average Bonchev–Trinajstić information content (AvgIpc) is 3.31. The van der Waals surface area contributed by atoms with E-state index in [4.69, 9.17) is 4.98 Å². The van der Waals surface area contributed by atoms with Crippen LogP contribution < -0.4 is 0 Å². The number of nitrogens with zero attached hydrogens (tertiary/aromatic N) is 2. The Bertz CT molecular complexity index is 2150. The topological polar surface area (TPSA) is 17.8 Å². The molecule has 2 nitrogen and oxygen atoms in total. The summed E-state index contributed by atoms with van der Waals surface area (Å²) in [5, 5.41) is 8.73. The van der Waals surface area contributed by atoms with Crippen molar-refractivity contribution in [2.45, 2.75) is 6.92 Å². The molecule has 0 N–H and O–H groups in total. The highest BCUT2D eigenvalue weighted by atomic mass is 15.0. The molecule has 2 aromatic heterocycles. The zero-order chi connectivity index (χ0) is 25.2. The monoisotopic (exact) mass is 484 g/mol. The summed E-state index contributed by atoms with van der Waals surface area (Å²) in [6.07, 6.45) is 0. The minimum absolute atomic E-state index is 0.988. The van der Waals surface area contributed by atoms with Crippen LogP contribution in [-0.2, 0) is 0 Å². The first-order chi connectivity index (χ1) is 18.8. The quantitative estimate of drug-likeness (QED) is 0.223. The van der Waals surface area contributed by atoms with Crippen molar-refractivity contribution in [3.05, 3.63) is 133 Å². The lowest BCUT2D eigenvalue weighted by molar-refractivity contribution is 1.18. The molecule has 38 heavy (non-hydrogen) atoms. The fourth-order valence-electron chi connectivity index (χ4n) is 6.07. The predicted octanol–water partition coefficient (Wildman–Crippen LogP) is 9.61. The minimum atomic E-state index is 0.988. The number of benzene rings is 6. The molecule has 2 heteroatoms. The van der Waals surface area contributed by atoms with E-state index in [1.165, 1.54) is 54.3 Å². The van der Waals surface area contributed by atoms with E-state index in [-0.39, 0.29) is 0 Å². The molecule has 0 unspecified atom stereocenters. The number of para-hydroxylation sites is 1. The molecule has 0 aliphatic heterocycles. The summed E-state index contributed by atoms with van der Waals surface area (Å²) in [6, 6.07) is 45.8. The fourth-order valence-corrected chi connectivity index (χ4v) is 6.07. The average molecular weight is 485 g/mol. The molecule has 8 aromatic rings. The molecule has 8 rings (SSSR count). The lowest BCUT2D eigenvalue weighted by Crippen LogP contribution is -1.94. The molecule has 0 saturated carbocycles. The van der Waals surface area contributed by atoms with Crippen LogP contribution in [0.25, 0.3) is 71.2 Å². The second-order valence-corrected chi connectivity index (χ2v) is 10.1. The molecule has 0 aliphatic carbocycles. The molecule has 6 aromatic carbocycles.